The van der Waals surface area contributed by atoms with Gasteiger partial charge in [-0.2, -0.15) is 0 Å². The number of rotatable bonds is 2. The first-order valence-electron chi connectivity index (χ1n) is 4.92. The maximum absolute atomic E-state index is 3.47. The van der Waals surface area contributed by atoms with Gasteiger partial charge < -0.3 is 4.98 Å². The summed E-state index contributed by atoms with van der Waals surface area (Å²) < 4.78 is 1.13. The summed E-state index contributed by atoms with van der Waals surface area (Å²) >= 11 is 3.47. The molecule has 0 saturated carbocycles. The molecule has 0 aliphatic rings. The Morgan fingerprint density at radius 3 is 2.79 bits per heavy atom. The van der Waals surface area contributed by atoms with E-state index in [0.717, 1.165) is 10.9 Å². The van der Waals surface area contributed by atoms with Crippen molar-refractivity contribution in [1.29, 1.82) is 0 Å². The summed E-state index contributed by atoms with van der Waals surface area (Å²) in [5, 5.41) is 1.30. The van der Waals surface area contributed by atoms with E-state index in [1.165, 1.54) is 16.6 Å². The minimum absolute atomic E-state index is 0.700. The van der Waals surface area contributed by atoms with Crippen molar-refractivity contribution in [2.45, 2.75) is 20.3 Å². The Morgan fingerprint density at radius 2 is 2.07 bits per heavy atom. The lowest BCUT2D eigenvalue weighted by molar-refractivity contribution is 0.639. The fourth-order valence-corrected chi connectivity index (χ4v) is 2.07. The van der Waals surface area contributed by atoms with Crippen molar-refractivity contribution in [3.63, 3.8) is 0 Å². The molecular weight excluding hydrogens is 238 g/mol. The lowest BCUT2D eigenvalue weighted by Gasteiger charge is -1.99. The van der Waals surface area contributed by atoms with Gasteiger partial charge in [-0.15, -0.1) is 0 Å². The molecule has 0 saturated heterocycles. The van der Waals surface area contributed by atoms with E-state index in [9.17, 15) is 0 Å². The molecule has 0 amide bonds. The van der Waals surface area contributed by atoms with Gasteiger partial charge in [0, 0.05) is 15.7 Å². The molecule has 1 aromatic carbocycles. The summed E-state index contributed by atoms with van der Waals surface area (Å²) in [6, 6.07) is 8.58. The van der Waals surface area contributed by atoms with Gasteiger partial charge in [0.2, 0.25) is 0 Å². The van der Waals surface area contributed by atoms with Crippen LogP contribution in [-0.2, 0) is 6.42 Å². The largest absolute Gasteiger partial charge is 0.358 e. The second-order valence-electron chi connectivity index (χ2n) is 4.12. The molecule has 1 heterocycles. The van der Waals surface area contributed by atoms with Crippen molar-refractivity contribution in [1.82, 2.24) is 4.98 Å². The van der Waals surface area contributed by atoms with Gasteiger partial charge in [-0.1, -0.05) is 35.8 Å². The molecule has 0 fully saturated rings. The first-order chi connectivity index (χ1) is 6.65. The summed E-state index contributed by atoms with van der Waals surface area (Å²) in [5.74, 6) is 0.700. The molecule has 2 aromatic rings. The Labute approximate surface area is 92.6 Å². The van der Waals surface area contributed by atoms with Crippen molar-refractivity contribution in [3.05, 3.63) is 34.4 Å². The van der Waals surface area contributed by atoms with Crippen LogP contribution >= 0.6 is 15.9 Å². The first-order valence-corrected chi connectivity index (χ1v) is 5.71. The second-order valence-corrected chi connectivity index (χ2v) is 5.04. The van der Waals surface area contributed by atoms with Crippen LogP contribution in [0.1, 0.15) is 19.5 Å². The lowest BCUT2D eigenvalue weighted by Crippen LogP contribution is -1.93. The highest BCUT2D eigenvalue weighted by Gasteiger charge is 2.02. The average Bonchev–Trinajstić information content (AvgIpc) is 2.44. The van der Waals surface area contributed by atoms with Gasteiger partial charge in [0.05, 0.1) is 0 Å². The molecule has 2 heteroatoms. The van der Waals surface area contributed by atoms with Crippen LogP contribution in [0.15, 0.2) is 28.7 Å². The number of benzene rings is 1. The Kier molecular flexibility index (Phi) is 2.64. The van der Waals surface area contributed by atoms with Crippen LogP contribution < -0.4 is 0 Å². The van der Waals surface area contributed by atoms with Gasteiger partial charge in [0.1, 0.15) is 0 Å². The molecule has 74 valence electrons. The number of hydrogen-bond donors (Lipinski definition) is 1. The summed E-state index contributed by atoms with van der Waals surface area (Å²) in [4.78, 5) is 3.44. The first kappa shape index (κ1) is 9.78. The Bertz CT molecular complexity index is 443. The van der Waals surface area contributed by atoms with Crippen LogP contribution in [0.3, 0.4) is 0 Å². The minimum atomic E-state index is 0.700. The normalized spacial score (nSPS) is 11.4. The molecule has 0 radical (unpaired) electrons. The molecule has 0 spiro atoms. The van der Waals surface area contributed by atoms with Gasteiger partial charge in [-0.05, 0) is 35.9 Å². The molecule has 14 heavy (non-hydrogen) atoms. The van der Waals surface area contributed by atoms with Crippen molar-refractivity contribution in [2.24, 2.45) is 5.92 Å². The molecule has 0 aliphatic heterocycles. The van der Waals surface area contributed by atoms with Gasteiger partial charge in [-0.25, -0.2) is 0 Å². The monoisotopic (exact) mass is 251 g/mol. The van der Waals surface area contributed by atoms with E-state index in [1.807, 2.05) is 0 Å². The van der Waals surface area contributed by atoms with Crippen molar-refractivity contribution >= 4 is 26.8 Å². The fourth-order valence-electron chi connectivity index (χ4n) is 1.71. The number of H-pyrrole nitrogens is 1. The maximum atomic E-state index is 3.47. The summed E-state index contributed by atoms with van der Waals surface area (Å²) in [5.41, 5.74) is 2.54. The minimum Gasteiger partial charge on any atom is -0.358 e. The molecule has 0 bridgehead atoms. The smallest absolute Gasteiger partial charge is 0.0467 e. The lowest BCUT2D eigenvalue weighted by atomic mass is 10.1. The predicted octanol–water partition coefficient (Wildman–Crippen LogP) is 4.13. The van der Waals surface area contributed by atoms with E-state index in [4.69, 9.17) is 0 Å². The zero-order valence-electron chi connectivity index (χ0n) is 8.47. The van der Waals surface area contributed by atoms with Crippen LogP contribution in [0.25, 0.3) is 10.9 Å². The standard InChI is InChI=1S/C12H14BrN/c1-8(2)5-11-6-9-3-4-10(13)7-12(9)14-11/h3-4,6-8,14H,5H2,1-2H3. The highest BCUT2D eigenvalue weighted by atomic mass is 79.9. The number of halogens is 1. The van der Waals surface area contributed by atoms with Gasteiger partial charge in [0.25, 0.3) is 0 Å². The van der Waals surface area contributed by atoms with E-state index >= 15 is 0 Å². The fraction of sp³-hybridized carbons (Fsp3) is 0.333. The highest BCUT2D eigenvalue weighted by molar-refractivity contribution is 9.10. The van der Waals surface area contributed by atoms with Crippen molar-refractivity contribution in [3.8, 4) is 0 Å². The zero-order valence-corrected chi connectivity index (χ0v) is 10.1. The van der Waals surface area contributed by atoms with E-state index in [2.05, 4.69) is 59.0 Å². The molecule has 1 aromatic heterocycles. The predicted molar refractivity (Wildman–Crippen MR) is 64.5 cm³/mol. The molecular formula is C12H14BrN. The van der Waals surface area contributed by atoms with Gasteiger partial charge in [-0.3, -0.25) is 0 Å². The zero-order chi connectivity index (χ0) is 10.1. The summed E-state index contributed by atoms with van der Waals surface area (Å²) in [7, 11) is 0. The van der Waals surface area contributed by atoms with Crippen LogP contribution in [-0.4, -0.2) is 4.98 Å². The SMILES string of the molecule is CC(C)Cc1cc2ccc(Br)cc2[nH]1. The van der Waals surface area contributed by atoms with Gasteiger partial charge >= 0.3 is 0 Å². The third-order valence-electron chi connectivity index (χ3n) is 2.27. The van der Waals surface area contributed by atoms with Crippen LogP contribution in [0, 0.1) is 5.92 Å². The Hall–Kier alpha value is -0.760. The molecule has 1 nitrogen and oxygen atoms in total. The van der Waals surface area contributed by atoms with Crippen LogP contribution in [0.2, 0.25) is 0 Å². The Morgan fingerprint density at radius 1 is 1.29 bits per heavy atom. The third-order valence-corrected chi connectivity index (χ3v) is 2.76. The quantitative estimate of drug-likeness (QED) is 0.827. The number of aromatic amines is 1. The van der Waals surface area contributed by atoms with E-state index < -0.39 is 0 Å². The second kappa shape index (κ2) is 3.77. The van der Waals surface area contributed by atoms with Gasteiger partial charge in [0.15, 0.2) is 0 Å². The number of aromatic nitrogens is 1. The molecule has 0 unspecified atom stereocenters. The molecule has 1 N–H and O–H groups in total. The average molecular weight is 252 g/mol. The highest BCUT2D eigenvalue weighted by Crippen LogP contribution is 2.21. The van der Waals surface area contributed by atoms with Crippen LogP contribution in [0.5, 0.6) is 0 Å². The van der Waals surface area contributed by atoms with E-state index in [1.54, 1.807) is 0 Å². The maximum Gasteiger partial charge on any atom is 0.0467 e. The van der Waals surface area contributed by atoms with E-state index in [0.29, 0.717) is 5.92 Å². The van der Waals surface area contributed by atoms with Crippen molar-refractivity contribution < 1.29 is 0 Å². The topological polar surface area (TPSA) is 15.8 Å². The summed E-state index contributed by atoms with van der Waals surface area (Å²) in [6.45, 7) is 4.48. The Balaban J connectivity index is 2.41. The molecule has 0 aliphatic carbocycles. The number of hydrogen-bond acceptors (Lipinski definition) is 0. The number of nitrogens with one attached hydrogen (secondary N) is 1. The molecule has 0 atom stereocenters. The third kappa shape index (κ3) is 2.01. The van der Waals surface area contributed by atoms with Crippen molar-refractivity contribution in [2.75, 3.05) is 0 Å². The summed E-state index contributed by atoms with van der Waals surface area (Å²) in [6.07, 6.45) is 1.12. The van der Waals surface area contributed by atoms with Crippen LogP contribution in [0.4, 0.5) is 0 Å². The number of fused-ring (bicyclic) bond motifs is 1. The molecule has 2 rings (SSSR count). The van der Waals surface area contributed by atoms with E-state index in [-0.39, 0.29) is 0 Å².